The fourth-order valence-corrected chi connectivity index (χ4v) is 2.34. The van der Waals surface area contributed by atoms with Crippen molar-refractivity contribution < 1.29 is 4.74 Å². The van der Waals surface area contributed by atoms with Crippen LogP contribution in [-0.4, -0.2) is 17.1 Å². The van der Waals surface area contributed by atoms with Gasteiger partial charge in [-0.25, -0.2) is 0 Å². The summed E-state index contributed by atoms with van der Waals surface area (Å²) < 4.78 is 5.89. The topological polar surface area (TPSA) is 48.1 Å². The van der Waals surface area contributed by atoms with Crippen LogP contribution in [0.15, 0.2) is 48.7 Å². The van der Waals surface area contributed by atoms with E-state index in [1.165, 1.54) is 5.56 Å². The molecule has 1 aliphatic heterocycles. The first-order valence-electron chi connectivity index (χ1n) is 6.23. The Morgan fingerprint density at radius 2 is 2.06 bits per heavy atom. The van der Waals surface area contributed by atoms with Gasteiger partial charge in [0, 0.05) is 30.8 Å². The summed E-state index contributed by atoms with van der Waals surface area (Å²) in [5, 5.41) is 0. The lowest BCUT2D eigenvalue weighted by Gasteiger charge is -2.18. The van der Waals surface area contributed by atoms with Crippen LogP contribution < -0.4 is 10.5 Å². The second-order valence-corrected chi connectivity index (χ2v) is 4.66. The van der Waals surface area contributed by atoms with E-state index in [-0.39, 0.29) is 12.1 Å². The van der Waals surface area contributed by atoms with Gasteiger partial charge >= 0.3 is 0 Å². The van der Waals surface area contributed by atoms with E-state index >= 15 is 0 Å². The molecule has 1 aromatic heterocycles. The second-order valence-electron chi connectivity index (χ2n) is 4.66. The van der Waals surface area contributed by atoms with E-state index < -0.39 is 0 Å². The predicted octanol–water partition coefficient (Wildman–Crippen LogP) is 1.96. The Kier molecular flexibility index (Phi) is 2.99. The maximum Gasteiger partial charge on any atom is 0.123 e. The van der Waals surface area contributed by atoms with Crippen LogP contribution in [0.25, 0.3) is 0 Å². The van der Waals surface area contributed by atoms with Crippen molar-refractivity contribution in [3.8, 4) is 5.75 Å². The highest BCUT2D eigenvalue weighted by Gasteiger charge is 2.27. The van der Waals surface area contributed by atoms with Crippen molar-refractivity contribution in [1.82, 2.24) is 4.98 Å². The summed E-state index contributed by atoms with van der Waals surface area (Å²) in [7, 11) is 0. The van der Waals surface area contributed by atoms with E-state index in [1.54, 1.807) is 6.20 Å². The lowest BCUT2D eigenvalue weighted by molar-refractivity contribution is 0.197. The fraction of sp³-hybridized carbons (Fsp3) is 0.267. The van der Waals surface area contributed by atoms with Gasteiger partial charge in [-0.1, -0.05) is 24.3 Å². The maximum atomic E-state index is 6.23. The van der Waals surface area contributed by atoms with Gasteiger partial charge in [-0.3, -0.25) is 4.98 Å². The monoisotopic (exact) mass is 240 g/mol. The molecule has 2 heterocycles. The largest absolute Gasteiger partial charge is 0.488 e. The molecule has 2 unspecified atom stereocenters. The van der Waals surface area contributed by atoms with Gasteiger partial charge in [-0.2, -0.15) is 0 Å². The number of rotatable bonds is 3. The molecule has 0 radical (unpaired) electrons. The molecule has 3 rings (SSSR count). The molecule has 2 N–H and O–H groups in total. The Labute approximate surface area is 107 Å². The number of nitrogens with two attached hydrogens (primary N) is 1. The molecule has 18 heavy (non-hydrogen) atoms. The molecule has 0 fully saturated rings. The molecule has 2 atom stereocenters. The standard InChI is InChI=1S/C15H16N2O/c16-13(10-12-6-3-4-8-17-12)15-9-11-5-1-2-7-14(11)18-15/h1-8,13,15H,9-10,16H2. The molecule has 1 aliphatic rings. The summed E-state index contributed by atoms with van der Waals surface area (Å²) in [4.78, 5) is 4.30. The van der Waals surface area contributed by atoms with Crippen molar-refractivity contribution in [3.05, 3.63) is 59.9 Å². The normalized spacial score (nSPS) is 19.1. The quantitative estimate of drug-likeness (QED) is 0.892. The van der Waals surface area contributed by atoms with Gasteiger partial charge in [0.2, 0.25) is 0 Å². The van der Waals surface area contributed by atoms with Gasteiger partial charge in [0.05, 0.1) is 0 Å². The Balaban J connectivity index is 1.67. The molecular weight excluding hydrogens is 224 g/mol. The third-order valence-electron chi connectivity index (χ3n) is 3.32. The molecule has 0 aliphatic carbocycles. The number of aromatic nitrogens is 1. The lowest BCUT2D eigenvalue weighted by atomic mass is 10.0. The highest BCUT2D eigenvalue weighted by atomic mass is 16.5. The molecule has 0 spiro atoms. The summed E-state index contributed by atoms with van der Waals surface area (Å²) in [6.45, 7) is 0. The van der Waals surface area contributed by atoms with Crippen molar-refractivity contribution in [2.24, 2.45) is 5.73 Å². The molecule has 3 nitrogen and oxygen atoms in total. The summed E-state index contributed by atoms with van der Waals surface area (Å²) in [6, 6.07) is 14.0. The van der Waals surface area contributed by atoms with Crippen LogP contribution in [0.5, 0.6) is 5.75 Å². The maximum absolute atomic E-state index is 6.23. The number of hydrogen-bond donors (Lipinski definition) is 1. The van der Waals surface area contributed by atoms with E-state index in [2.05, 4.69) is 11.1 Å². The summed E-state index contributed by atoms with van der Waals surface area (Å²) >= 11 is 0. The van der Waals surface area contributed by atoms with Gasteiger partial charge in [-0.05, 0) is 23.8 Å². The smallest absolute Gasteiger partial charge is 0.123 e. The van der Waals surface area contributed by atoms with Gasteiger partial charge in [0.25, 0.3) is 0 Å². The first-order chi connectivity index (χ1) is 8.83. The van der Waals surface area contributed by atoms with Crippen LogP contribution in [-0.2, 0) is 12.8 Å². The van der Waals surface area contributed by atoms with Crippen molar-refractivity contribution in [1.29, 1.82) is 0 Å². The number of nitrogens with zero attached hydrogens (tertiary/aromatic N) is 1. The second kappa shape index (κ2) is 4.78. The third-order valence-corrected chi connectivity index (χ3v) is 3.32. The van der Waals surface area contributed by atoms with Gasteiger partial charge in [-0.15, -0.1) is 0 Å². The average Bonchev–Trinajstić information content (AvgIpc) is 2.84. The molecule has 0 saturated heterocycles. The van der Waals surface area contributed by atoms with Crippen molar-refractivity contribution in [2.45, 2.75) is 25.0 Å². The molecule has 2 aromatic rings. The Hall–Kier alpha value is -1.87. The zero-order valence-electron chi connectivity index (χ0n) is 10.1. The van der Waals surface area contributed by atoms with Crippen LogP contribution in [0.2, 0.25) is 0 Å². The zero-order valence-corrected chi connectivity index (χ0v) is 10.1. The zero-order chi connectivity index (χ0) is 12.4. The first kappa shape index (κ1) is 11.2. The van der Waals surface area contributed by atoms with E-state index in [4.69, 9.17) is 10.5 Å². The van der Waals surface area contributed by atoms with E-state index in [0.29, 0.717) is 0 Å². The van der Waals surface area contributed by atoms with Crippen LogP contribution >= 0.6 is 0 Å². The van der Waals surface area contributed by atoms with Crippen LogP contribution in [0.4, 0.5) is 0 Å². The van der Waals surface area contributed by atoms with Crippen molar-refractivity contribution in [3.63, 3.8) is 0 Å². The SMILES string of the molecule is NC(Cc1ccccn1)C1Cc2ccccc2O1. The minimum Gasteiger partial charge on any atom is -0.488 e. The lowest BCUT2D eigenvalue weighted by Crippen LogP contribution is -2.39. The molecular formula is C15H16N2O. The van der Waals surface area contributed by atoms with Gasteiger partial charge in [0.15, 0.2) is 0 Å². The first-order valence-corrected chi connectivity index (χ1v) is 6.23. The number of fused-ring (bicyclic) bond motifs is 1. The molecule has 0 amide bonds. The highest BCUT2D eigenvalue weighted by Crippen LogP contribution is 2.29. The van der Waals surface area contributed by atoms with E-state index in [1.807, 2.05) is 36.4 Å². The average molecular weight is 240 g/mol. The van der Waals surface area contributed by atoms with Crippen LogP contribution in [0, 0.1) is 0 Å². The highest BCUT2D eigenvalue weighted by molar-refractivity contribution is 5.37. The number of para-hydroxylation sites is 1. The minimum atomic E-state index is -0.0210. The number of pyridine rings is 1. The molecule has 0 bridgehead atoms. The molecule has 92 valence electrons. The summed E-state index contributed by atoms with van der Waals surface area (Å²) in [5.74, 6) is 0.971. The van der Waals surface area contributed by atoms with Crippen LogP contribution in [0.3, 0.4) is 0 Å². The van der Waals surface area contributed by atoms with Crippen molar-refractivity contribution in [2.75, 3.05) is 0 Å². The molecule has 0 saturated carbocycles. The van der Waals surface area contributed by atoms with E-state index in [9.17, 15) is 0 Å². The van der Waals surface area contributed by atoms with Crippen molar-refractivity contribution >= 4 is 0 Å². The molecule has 3 heteroatoms. The van der Waals surface area contributed by atoms with Gasteiger partial charge < -0.3 is 10.5 Å². The Morgan fingerprint density at radius 3 is 2.83 bits per heavy atom. The number of ether oxygens (including phenoxy) is 1. The Morgan fingerprint density at radius 1 is 1.22 bits per heavy atom. The number of benzene rings is 1. The predicted molar refractivity (Wildman–Crippen MR) is 70.5 cm³/mol. The minimum absolute atomic E-state index is 0.0210. The summed E-state index contributed by atoms with van der Waals surface area (Å²) in [5.41, 5.74) is 8.49. The van der Waals surface area contributed by atoms with Crippen LogP contribution in [0.1, 0.15) is 11.3 Å². The number of hydrogen-bond acceptors (Lipinski definition) is 3. The third kappa shape index (κ3) is 2.22. The Bertz CT molecular complexity index is 502. The summed E-state index contributed by atoms with van der Waals surface area (Å²) in [6.07, 6.45) is 3.50. The molecule has 1 aromatic carbocycles. The van der Waals surface area contributed by atoms with E-state index in [0.717, 1.165) is 24.3 Å². The fourth-order valence-electron chi connectivity index (χ4n) is 2.34. The van der Waals surface area contributed by atoms with Gasteiger partial charge in [0.1, 0.15) is 11.9 Å².